The summed E-state index contributed by atoms with van der Waals surface area (Å²) < 4.78 is 5.43. The van der Waals surface area contributed by atoms with Crippen LogP contribution in [0, 0.1) is 0 Å². The fraction of sp³-hybridized carbons (Fsp3) is 0.273. The lowest BCUT2D eigenvalue weighted by atomic mass is 10.1. The van der Waals surface area contributed by atoms with Crippen molar-refractivity contribution >= 4 is 22.6 Å². The summed E-state index contributed by atoms with van der Waals surface area (Å²) >= 11 is 0. The van der Waals surface area contributed by atoms with E-state index >= 15 is 0 Å². The van der Waals surface area contributed by atoms with Crippen molar-refractivity contribution in [3.8, 4) is 0 Å². The highest BCUT2D eigenvalue weighted by molar-refractivity contribution is 5.98. The Morgan fingerprint density at radius 1 is 1.00 bits per heavy atom. The average Bonchev–Trinajstić information content (AvgIpc) is 3.21. The number of benzene rings is 2. The van der Waals surface area contributed by atoms with Gasteiger partial charge in [-0.2, -0.15) is 0 Å². The van der Waals surface area contributed by atoms with Crippen LogP contribution in [-0.4, -0.2) is 43.9 Å². The molecule has 2 amide bonds. The Bertz CT molecular complexity index is 935. The molecule has 2 aromatic carbocycles. The van der Waals surface area contributed by atoms with E-state index in [1.807, 2.05) is 67.5 Å². The number of fused-ring (bicyclic) bond motifs is 1. The number of hydrogen-bond acceptors (Lipinski definition) is 4. The normalized spacial score (nSPS) is 12.1. The van der Waals surface area contributed by atoms with Crippen LogP contribution in [0.15, 0.2) is 65.3 Å². The van der Waals surface area contributed by atoms with Gasteiger partial charge in [0.2, 0.25) is 5.91 Å². The average molecular weight is 379 g/mol. The van der Waals surface area contributed by atoms with E-state index in [-0.39, 0.29) is 30.8 Å². The molecule has 0 saturated carbocycles. The lowest BCUT2D eigenvalue weighted by molar-refractivity contribution is -0.121. The van der Waals surface area contributed by atoms with Crippen LogP contribution >= 0.6 is 0 Å². The predicted octanol–water partition coefficient (Wildman–Crippen LogP) is 2.97. The van der Waals surface area contributed by atoms with E-state index in [1.165, 1.54) is 0 Å². The fourth-order valence-electron chi connectivity index (χ4n) is 3.04. The van der Waals surface area contributed by atoms with Crippen molar-refractivity contribution in [1.29, 1.82) is 0 Å². The van der Waals surface area contributed by atoms with Gasteiger partial charge in [-0.25, -0.2) is 0 Å². The molecule has 28 heavy (non-hydrogen) atoms. The van der Waals surface area contributed by atoms with Crippen molar-refractivity contribution < 1.29 is 14.0 Å². The summed E-state index contributed by atoms with van der Waals surface area (Å²) in [6.45, 7) is 0.725. The van der Waals surface area contributed by atoms with Gasteiger partial charge in [-0.3, -0.25) is 14.5 Å². The highest BCUT2D eigenvalue weighted by atomic mass is 16.3. The van der Waals surface area contributed by atoms with Crippen LogP contribution in [0.5, 0.6) is 0 Å². The number of nitrogens with one attached hydrogen (secondary N) is 2. The van der Waals surface area contributed by atoms with E-state index < -0.39 is 0 Å². The second kappa shape index (κ2) is 9.19. The van der Waals surface area contributed by atoms with E-state index in [0.717, 1.165) is 16.5 Å². The number of hydrogen-bond donors (Lipinski definition) is 2. The first-order valence-corrected chi connectivity index (χ1v) is 9.28. The highest BCUT2D eigenvalue weighted by Gasteiger charge is 2.17. The van der Waals surface area contributed by atoms with Crippen LogP contribution in [0.1, 0.15) is 28.6 Å². The maximum atomic E-state index is 12.3. The molecule has 1 aromatic heterocycles. The van der Waals surface area contributed by atoms with Crippen LogP contribution in [-0.2, 0) is 4.79 Å². The van der Waals surface area contributed by atoms with E-state index in [2.05, 4.69) is 10.6 Å². The number of likely N-dealkylation sites (N-methyl/N-ethyl adjacent to an activating group) is 1. The molecule has 0 bridgehead atoms. The van der Waals surface area contributed by atoms with Crippen molar-refractivity contribution in [3.05, 3.63) is 72.2 Å². The Morgan fingerprint density at radius 3 is 2.50 bits per heavy atom. The van der Waals surface area contributed by atoms with E-state index in [4.69, 9.17) is 4.42 Å². The summed E-state index contributed by atoms with van der Waals surface area (Å²) in [7, 11) is 3.87. The number of carbonyl (C=O) groups is 2. The lowest BCUT2D eigenvalue weighted by Crippen LogP contribution is -2.36. The molecule has 2 N–H and O–H groups in total. The molecular weight excluding hydrogens is 354 g/mol. The molecule has 0 aliphatic carbocycles. The third-order valence-electron chi connectivity index (χ3n) is 4.64. The molecule has 0 aliphatic heterocycles. The maximum Gasteiger partial charge on any atom is 0.251 e. The zero-order chi connectivity index (χ0) is 19.9. The summed E-state index contributed by atoms with van der Waals surface area (Å²) in [6.07, 6.45) is 1.84. The topological polar surface area (TPSA) is 74.6 Å². The first-order chi connectivity index (χ1) is 13.5. The molecule has 1 unspecified atom stereocenters. The van der Waals surface area contributed by atoms with Gasteiger partial charge in [0, 0.05) is 25.1 Å². The van der Waals surface area contributed by atoms with Gasteiger partial charge in [0.1, 0.15) is 5.76 Å². The Hall–Kier alpha value is -3.12. The van der Waals surface area contributed by atoms with E-state index in [9.17, 15) is 9.59 Å². The molecule has 0 spiro atoms. The van der Waals surface area contributed by atoms with Gasteiger partial charge in [-0.05, 0) is 49.1 Å². The van der Waals surface area contributed by atoms with Gasteiger partial charge in [-0.15, -0.1) is 0 Å². The number of amides is 2. The summed E-state index contributed by atoms with van der Waals surface area (Å²) in [5.74, 6) is 0.507. The maximum absolute atomic E-state index is 12.3. The molecule has 1 atom stereocenters. The van der Waals surface area contributed by atoms with Crippen LogP contribution < -0.4 is 10.6 Å². The van der Waals surface area contributed by atoms with Gasteiger partial charge in [0.15, 0.2) is 0 Å². The number of nitrogens with zero attached hydrogens (tertiary/aromatic N) is 1. The minimum absolute atomic E-state index is 0.0360. The fourth-order valence-corrected chi connectivity index (χ4v) is 3.04. The molecule has 0 aliphatic rings. The molecule has 6 nitrogen and oxygen atoms in total. The zero-order valence-electron chi connectivity index (χ0n) is 16.1. The van der Waals surface area contributed by atoms with Crippen LogP contribution in [0.4, 0.5) is 0 Å². The lowest BCUT2D eigenvalue weighted by Gasteiger charge is -2.22. The molecule has 0 fully saturated rings. The van der Waals surface area contributed by atoms with Gasteiger partial charge in [0.05, 0.1) is 12.3 Å². The van der Waals surface area contributed by atoms with Gasteiger partial charge in [0.25, 0.3) is 5.91 Å². The second-order valence-corrected chi connectivity index (χ2v) is 6.87. The summed E-state index contributed by atoms with van der Waals surface area (Å²) in [4.78, 5) is 26.4. The van der Waals surface area contributed by atoms with Crippen LogP contribution in [0.3, 0.4) is 0 Å². The largest absolute Gasteiger partial charge is 0.468 e. The molecule has 1 heterocycles. The van der Waals surface area contributed by atoms with Crippen molar-refractivity contribution in [3.63, 3.8) is 0 Å². The Balaban J connectivity index is 1.46. The third kappa shape index (κ3) is 4.98. The van der Waals surface area contributed by atoms with Gasteiger partial charge >= 0.3 is 0 Å². The Morgan fingerprint density at radius 2 is 1.79 bits per heavy atom. The van der Waals surface area contributed by atoms with Crippen molar-refractivity contribution in [2.24, 2.45) is 0 Å². The second-order valence-electron chi connectivity index (χ2n) is 6.87. The first-order valence-electron chi connectivity index (χ1n) is 9.28. The SMILES string of the molecule is CN(C)C(CNC(=O)CCNC(=O)c1ccc2ccccc2c1)c1ccco1. The smallest absolute Gasteiger partial charge is 0.251 e. The summed E-state index contributed by atoms with van der Waals surface area (Å²) in [6, 6.07) is 17.1. The zero-order valence-corrected chi connectivity index (χ0v) is 16.1. The molecule has 146 valence electrons. The molecule has 0 radical (unpaired) electrons. The third-order valence-corrected chi connectivity index (χ3v) is 4.64. The highest BCUT2D eigenvalue weighted by Crippen LogP contribution is 2.17. The van der Waals surface area contributed by atoms with E-state index in [0.29, 0.717) is 12.1 Å². The molecule has 3 rings (SSSR count). The Labute approximate surface area is 164 Å². The van der Waals surface area contributed by atoms with Crippen molar-refractivity contribution in [1.82, 2.24) is 15.5 Å². The Kier molecular flexibility index (Phi) is 6.45. The monoisotopic (exact) mass is 379 g/mol. The van der Waals surface area contributed by atoms with Crippen molar-refractivity contribution in [2.45, 2.75) is 12.5 Å². The number of carbonyl (C=O) groups excluding carboxylic acids is 2. The standard InChI is InChI=1S/C22H25N3O3/c1-25(2)19(20-8-5-13-28-20)15-24-21(26)11-12-23-22(27)18-10-9-16-6-3-4-7-17(16)14-18/h3-10,13-14,19H,11-12,15H2,1-2H3,(H,23,27)(H,24,26). The summed E-state index contributed by atoms with van der Waals surface area (Å²) in [5.41, 5.74) is 0.588. The predicted molar refractivity (Wildman–Crippen MR) is 109 cm³/mol. The van der Waals surface area contributed by atoms with E-state index in [1.54, 1.807) is 12.3 Å². The minimum atomic E-state index is -0.180. The molecular formula is C22H25N3O3. The van der Waals surface area contributed by atoms with Crippen LogP contribution in [0.2, 0.25) is 0 Å². The van der Waals surface area contributed by atoms with Gasteiger partial charge in [-0.1, -0.05) is 30.3 Å². The number of furan rings is 1. The molecule has 3 aromatic rings. The van der Waals surface area contributed by atoms with Gasteiger partial charge < -0.3 is 15.1 Å². The minimum Gasteiger partial charge on any atom is -0.468 e. The molecule has 6 heteroatoms. The first kappa shape index (κ1) is 19.6. The summed E-state index contributed by atoms with van der Waals surface area (Å²) in [5, 5.41) is 7.80. The number of rotatable bonds is 8. The molecule has 0 saturated heterocycles. The quantitative estimate of drug-likeness (QED) is 0.631. The van der Waals surface area contributed by atoms with Crippen LogP contribution in [0.25, 0.3) is 10.8 Å². The van der Waals surface area contributed by atoms with Crippen molar-refractivity contribution in [2.75, 3.05) is 27.2 Å².